The summed E-state index contributed by atoms with van der Waals surface area (Å²) in [6.07, 6.45) is 3.37. The SMILES string of the molecule is COc1cccn2c(C(C)(C)NC(=O)C3[C@H]4CN(C(=O)OC(C)(C)C)C[C@@H]34)ncc12. The fourth-order valence-electron chi connectivity index (χ4n) is 4.47. The van der Waals surface area contributed by atoms with Crippen LogP contribution in [0.2, 0.25) is 0 Å². The van der Waals surface area contributed by atoms with Gasteiger partial charge in [0.25, 0.3) is 0 Å². The van der Waals surface area contributed by atoms with E-state index in [1.165, 1.54) is 0 Å². The summed E-state index contributed by atoms with van der Waals surface area (Å²) in [5.41, 5.74) is -0.314. The zero-order valence-electron chi connectivity index (χ0n) is 18.4. The number of rotatable bonds is 4. The first kappa shape index (κ1) is 20.5. The second kappa shape index (κ2) is 6.89. The number of hydrogen-bond acceptors (Lipinski definition) is 5. The number of carbonyl (C=O) groups is 2. The van der Waals surface area contributed by atoms with E-state index in [9.17, 15) is 9.59 Å². The lowest BCUT2D eigenvalue weighted by Crippen LogP contribution is -2.45. The van der Waals surface area contributed by atoms with Gasteiger partial charge in [-0.05, 0) is 58.6 Å². The van der Waals surface area contributed by atoms with Gasteiger partial charge >= 0.3 is 6.09 Å². The first-order valence-electron chi connectivity index (χ1n) is 10.3. The van der Waals surface area contributed by atoms with E-state index >= 15 is 0 Å². The minimum Gasteiger partial charge on any atom is -0.494 e. The lowest BCUT2D eigenvalue weighted by molar-refractivity contribution is -0.125. The lowest BCUT2D eigenvalue weighted by atomic mass is 10.0. The third-order valence-electron chi connectivity index (χ3n) is 5.90. The van der Waals surface area contributed by atoms with Crippen molar-refractivity contribution < 1.29 is 19.1 Å². The van der Waals surface area contributed by atoms with Crippen LogP contribution >= 0.6 is 0 Å². The van der Waals surface area contributed by atoms with Crippen molar-refractivity contribution in [3.8, 4) is 5.75 Å². The number of pyridine rings is 1. The molecule has 0 aromatic carbocycles. The molecule has 1 saturated heterocycles. The number of hydrogen-bond donors (Lipinski definition) is 1. The second-order valence-electron chi connectivity index (χ2n) is 9.77. The predicted octanol–water partition coefficient (Wildman–Crippen LogP) is 2.81. The van der Waals surface area contributed by atoms with Gasteiger partial charge in [0.15, 0.2) is 0 Å². The Morgan fingerprint density at radius 2 is 1.83 bits per heavy atom. The molecule has 0 spiro atoms. The van der Waals surface area contributed by atoms with Crippen molar-refractivity contribution in [3.05, 3.63) is 30.4 Å². The summed E-state index contributed by atoms with van der Waals surface area (Å²) in [6.45, 7) is 10.6. The maximum absolute atomic E-state index is 13.0. The van der Waals surface area contributed by atoms with Crippen LogP contribution in [0.4, 0.5) is 4.79 Å². The summed E-state index contributed by atoms with van der Waals surface area (Å²) in [5, 5.41) is 3.16. The molecule has 2 amide bonds. The summed E-state index contributed by atoms with van der Waals surface area (Å²) in [6, 6.07) is 3.78. The van der Waals surface area contributed by atoms with Crippen LogP contribution in [-0.2, 0) is 15.1 Å². The topological polar surface area (TPSA) is 85.2 Å². The summed E-state index contributed by atoms with van der Waals surface area (Å²) in [7, 11) is 1.63. The van der Waals surface area contributed by atoms with E-state index in [1.54, 1.807) is 18.2 Å². The van der Waals surface area contributed by atoms with E-state index in [-0.39, 0.29) is 29.8 Å². The number of piperidine rings is 1. The molecule has 2 aliphatic rings. The van der Waals surface area contributed by atoms with Crippen LogP contribution in [0.1, 0.15) is 40.4 Å². The molecule has 2 aromatic heterocycles. The van der Waals surface area contributed by atoms with Crippen molar-refractivity contribution in [2.24, 2.45) is 17.8 Å². The van der Waals surface area contributed by atoms with Crippen molar-refractivity contribution in [1.82, 2.24) is 19.6 Å². The molecule has 1 unspecified atom stereocenters. The Morgan fingerprint density at radius 3 is 2.43 bits per heavy atom. The van der Waals surface area contributed by atoms with E-state index < -0.39 is 11.1 Å². The standard InChI is InChI=1S/C22H30N4O4/c1-21(2,3)30-20(28)25-11-13-14(12-25)17(13)18(27)24-22(4,5)19-23-10-15-16(29-6)8-7-9-26(15)19/h7-10,13-14,17H,11-12H2,1-6H3,(H,24,27)/t13-,14+,17?. The number of amides is 2. The minimum absolute atomic E-state index is 0.0125. The Balaban J connectivity index is 1.41. The Bertz CT molecular complexity index is 979. The Hall–Kier alpha value is -2.77. The van der Waals surface area contributed by atoms with E-state index in [4.69, 9.17) is 9.47 Å². The normalized spacial score (nSPS) is 23.3. The number of nitrogens with one attached hydrogen (secondary N) is 1. The van der Waals surface area contributed by atoms with E-state index in [1.807, 2.05) is 57.3 Å². The minimum atomic E-state index is -0.655. The fourth-order valence-corrected chi connectivity index (χ4v) is 4.47. The van der Waals surface area contributed by atoms with Crippen molar-refractivity contribution in [1.29, 1.82) is 0 Å². The van der Waals surface area contributed by atoms with Crippen LogP contribution in [0.3, 0.4) is 0 Å². The Morgan fingerprint density at radius 1 is 1.17 bits per heavy atom. The Labute approximate surface area is 176 Å². The molecule has 3 heterocycles. The zero-order valence-corrected chi connectivity index (χ0v) is 18.4. The van der Waals surface area contributed by atoms with E-state index in [0.717, 1.165) is 17.1 Å². The lowest BCUT2D eigenvalue weighted by Gasteiger charge is -2.27. The van der Waals surface area contributed by atoms with Gasteiger partial charge in [0.2, 0.25) is 5.91 Å². The van der Waals surface area contributed by atoms with Gasteiger partial charge in [-0.3, -0.25) is 9.20 Å². The molecule has 1 N–H and O–H groups in total. The molecule has 0 radical (unpaired) electrons. The number of aromatic nitrogens is 2. The number of carbonyl (C=O) groups excluding carboxylic acids is 2. The van der Waals surface area contributed by atoms with Crippen molar-refractivity contribution in [2.75, 3.05) is 20.2 Å². The molecule has 0 bridgehead atoms. The van der Waals surface area contributed by atoms with Crippen molar-refractivity contribution in [3.63, 3.8) is 0 Å². The van der Waals surface area contributed by atoms with Crippen LogP contribution in [0.15, 0.2) is 24.5 Å². The maximum Gasteiger partial charge on any atom is 0.410 e. The molecular weight excluding hydrogens is 384 g/mol. The molecule has 8 nitrogen and oxygen atoms in total. The Kier molecular flexibility index (Phi) is 4.71. The molecule has 1 saturated carbocycles. The van der Waals surface area contributed by atoms with Crippen LogP contribution in [0.25, 0.3) is 5.52 Å². The molecule has 1 aliphatic heterocycles. The zero-order chi connectivity index (χ0) is 21.8. The predicted molar refractivity (Wildman–Crippen MR) is 111 cm³/mol. The molecule has 4 rings (SSSR count). The maximum atomic E-state index is 13.0. The average molecular weight is 415 g/mol. The fraction of sp³-hybridized carbons (Fsp3) is 0.591. The molecule has 1 aliphatic carbocycles. The van der Waals surface area contributed by atoms with Gasteiger partial charge in [0, 0.05) is 25.2 Å². The highest BCUT2D eigenvalue weighted by Gasteiger charge is 2.61. The molecule has 30 heavy (non-hydrogen) atoms. The van der Waals surface area contributed by atoms with Gasteiger partial charge in [-0.1, -0.05) is 0 Å². The summed E-state index contributed by atoms with van der Waals surface area (Å²) < 4.78 is 12.8. The van der Waals surface area contributed by atoms with Gasteiger partial charge in [-0.15, -0.1) is 0 Å². The second-order valence-corrected chi connectivity index (χ2v) is 9.77. The first-order chi connectivity index (χ1) is 14.0. The van der Waals surface area contributed by atoms with Crippen LogP contribution in [0, 0.1) is 17.8 Å². The number of nitrogens with zero attached hydrogens (tertiary/aromatic N) is 3. The summed E-state index contributed by atoms with van der Waals surface area (Å²) >= 11 is 0. The number of methoxy groups -OCH3 is 1. The molecule has 2 aromatic rings. The van der Waals surface area contributed by atoms with Crippen LogP contribution < -0.4 is 10.1 Å². The molecule has 8 heteroatoms. The van der Waals surface area contributed by atoms with Crippen molar-refractivity contribution in [2.45, 2.75) is 45.8 Å². The largest absolute Gasteiger partial charge is 0.494 e. The molecule has 162 valence electrons. The monoisotopic (exact) mass is 414 g/mol. The number of fused-ring (bicyclic) bond motifs is 2. The first-order valence-corrected chi connectivity index (χ1v) is 10.3. The quantitative estimate of drug-likeness (QED) is 0.832. The molecular formula is C22H30N4O4. The summed E-state index contributed by atoms with van der Waals surface area (Å²) in [5.74, 6) is 1.82. The van der Waals surface area contributed by atoms with Gasteiger partial charge in [-0.2, -0.15) is 0 Å². The van der Waals surface area contributed by atoms with Gasteiger partial charge in [0.05, 0.1) is 18.8 Å². The molecule has 3 atom stereocenters. The van der Waals surface area contributed by atoms with Crippen LogP contribution in [0.5, 0.6) is 5.75 Å². The van der Waals surface area contributed by atoms with Crippen LogP contribution in [-0.4, -0.2) is 52.1 Å². The highest BCUT2D eigenvalue weighted by atomic mass is 16.6. The van der Waals surface area contributed by atoms with E-state index in [2.05, 4.69) is 10.3 Å². The van der Waals surface area contributed by atoms with Gasteiger partial charge in [-0.25, -0.2) is 9.78 Å². The smallest absolute Gasteiger partial charge is 0.410 e. The molecule has 2 fully saturated rings. The van der Waals surface area contributed by atoms with Gasteiger partial charge < -0.3 is 19.7 Å². The number of ether oxygens (including phenoxy) is 2. The number of imidazole rings is 1. The highest BCUT2D eigenvalue weighted by Crippen LogP contribution is 2.52. The highest BCUT2D eigenvalue weighted by molar-refractivity contribution is 5.84. The van der Waals surface area contributed by atoms with E-state index in [0.29, 0.717) is 13.1 Å². The third kappa shape index (κ3) is 3.59. The average Bonchev–Trinajstić information content (AvgIpc) is 2.99. The van der Waals surface area contributed by atoms with Crippen molar-refractivity contribution >= 4 is 17.5 Å². The van der Waals surface area contributed by atoms with Gasteiger partial charge in [0.1, 0.15) is 22.7 Å². The number of likely N-dealkylation sites (tertiary alicyclic amines) is 1. The third-order valence-corrected chi connectivity index (χ3v) is 5.90. The summed E-state index contributed by atoms with van der Waals surface area (Å²) in [4.78, 5) is 31.5.